The molecule has 0 aliphatic heterocycles. The highest BCUT2D eigenvalue weighted by Gasteiger charge is 2.16. The van der Waals surface area contributed by atoms with Gasteiger partial charge >= 0.3 is 0 Å². The van der Waals surface area contributed by atoms with Gasteiger partial charge in [0.05, 0.1) is 17.1 Å². The summed E-state index contributed by atoms with van der Waals surface area (Å²) in [7, 11) is 0. The van der Waals surface area contributed by atoms with Gasteiger partial charge in [0.15, 0.2) is 5.78 Å². The lowest BCUT2D eigenvalue weighted by Gasteiger charge is -2.12. The number of nitrogens with zero attached hydrogens (tertiary/aromatic N) is 1. The number of hydrogen-bond acceptors (Lipinski definition) is 3. The summed E-state index contributed by atoms with van der Waals surface area (Å²) in [6.45, 7) is 3.49. The van der Waals surface area contributed by atoms with Crippen LogP contribution in [0.1, 0.15) is 30.6 Å². The Bertz CT molecular complexity index is 617. The fraction of sp³-hybridized carbons (Fsp3) is 0.267. The van der Waals surface area contributed by atoms with Gasteiger partial charge < -0.3 is 5.32 Å². The van der Waals surface area contributed by atoms with Gasteiger partial charge in [-0.1, -0.05) is 25.1 Å². The molecule has 4 heteroatoms. The minimum absolute atomic E-state index is 0.0201. The third-order valence-electron chi connectivity index (χ3n) is 3.07. The molecule has 1 atom stereocenters. The molecule has 1 heterocycles. The summed E-state index contributed by atoms with van der Waals surface area (Å²) in [6, 6.07) is 8.64. The first-order valence-electron chi connectivity index (χ1n) is 6.30. The van der Waals surface area contributed by atoms with Crippen LogP contribution in [0, 0.1) is 0 Å². The second-order valence-corrected chi connectivity index (χ2v) is 4.39. The molecule has 19 heavy (non-hydrogen) atoms. The lowest BCUT2D eigenvalue weighted by atomic mass is 10.1. The Morgan fingerprint density at radius 3 is 2.74 bits per heavy atom. The van der Waals surface area contributed by atoms with Crippen LogP contribution in [0.5, 0.6) is 0 Å². The molecule has 2 aromatic rings. The van der Waals surface area contributed by atoms with Crippen LogP contribution in [0.4, 0.5) is 0 Å². The number of benzene rings is 1. The fourth-order valence-electron chi connectivity index (χ4n) is 1.95. The van der Waals surface area contributed by atoms with Crippen LogP contribution in [-0.4, -0.2) is 22.7 Å². The molecule has 2 rings (SSSR count). The van der Waals surface area contributed by atoms with Gasteiger partial charge in [-0.05, 0) is 19.1 Å². The average Bonchev–Trinajstić information content (AvgIpc) is 2.45. The normalized spacial score (nSPS) is 12.1. The molecular formula is C15H16N2O2. The van der Waals surface area contributed by atoms with Crippen molar-refractivity contribution in [3.63, 3.8) is 0 Å². The van der Waals surface area contributed by atoms with Crippen molar-refractivity contribution in [2.45, 2.75) is 26.3 Å². The molecule has 0 bridgehead atoms. The summed E-state index contributed by atoms with van der Waals surface area (Å²) in [5.74, 6) is -0.223. The topological polar surface area (TPSA) is 59.1 Å². The van der Waals surface area contributed by atoms with Gasteiger partial charge in [-0.25, -0.2) is 0 Å². The minimum atomic E-state index is -0.468. The van der Waals surface area contributed by atoms with E-state index in [4.69, 9.17) is 0 Å². The molecule has 0 saturated heterocycles. The molecule has 1 amide bonds. The zero-order valence-electron chi connectivity index (χ0n) is 11.0. The van der Waals surface area contributed by atoms with Crippen molar-refractivity contribution in [2.75, 3.05) is 0 Å². The Kier molecular flexibility index (Phi) is 3.90. The van der Waals surface area contributed by atoms with Gasteiger partial charge in [-0.15, -0.1) is 0 Å². The van der Waals surface area contributed by atoms with Crippen LogP contribution < -0.4 is 5.32 Å². The maximum atomic E-state index is 12.2. The quantitative estimate of drug-likeness (QED) is 0.913. The number of amides is 1. The van der Waals surface area contributed by atoms with E-state index in [2.05, 4.69) is 10.3 Å². The first-order valence-corrected chi connectivity index (χ1v) is 6.30. The number of fused-ring (bicyclic) bond motifs is 1. The Hall–Kier alpha value is -2.23. The Labute approximate surface area is 111 Å². The molecule has 4 nitrogen and oxygen atoms in total. The van der Waals surface area contributed by atoms with Crippen molar-refractivity contribution in [1.29, 1.82) is 0 Å². The standard InChI is InChI=1S/C15H16N2O2/c1-3-14(18)10(2)17-15(19)12-8-9-16-13-7-5-4-6-11(12)13/h4-10H,3H2,1-2H3,(H,17,19)/t10-/m1/s1. The molecule has 1 aromatic heterocycles. The van der Waals surface area contributed by atoms with Crippen molar-refractivity contribution in [3.05, 3.63) is 42.1 Å². The van der Waals surface area contributed by atoms with Gasteiger partial charge in [-0.2, -0.15) is 0 Å². The van der Waals surface area contributed by atoms with E-state index in [0.717, 1.165) is 10.9 Å². The molecule has 0 radical (unpaired) electrons. The Morgan fingerprint density at radius 1 is 1.26 bits per heavy atom. The number of nitrogens with one attached hydrogen (secondary N) is 1. The largest absolute Gasteiger partial charge is 0.342 e. The van der Waals surface area contributed by atoms with Crippen molar-refractivity contribution in [2.24, 2.45) is 0 Å². The first kappa shape index (κ1) is 13.2. The van der Waals surface area contributed by atoms with Gasteiger partial charge in [0.1, 0.15) is 0 Å². The number of carbonyl (C=O) groups is 2. The number of ketones is 1. The highest BCUT2D eigenvalue weighted by Crippen LogP contribution is 2.16. The molecule has 98 valence electrons. The summed E-state index contributed by atoms with van der Waals surface area (Å²) < 4.78 is 0. The van der Waals surface area contributed by atoms with E-state index in [1.54, 1.807) is 26.1 Å². The Balaban J connectivity index is 2.29. The van der Waals surface area contributed by atoms with Crippen LogP contribution >= 0.6 is 0 Å². The molecule has 0 fully saturated rings. The number of aromatic nitrogens is 1. The maximum absolute atomic E-state index is 12.2. The average molecular weight is 256 g/mol. The summed E-state index contributed by atoms with van der Waals surface area (Å²) in [5.41, 5.74) is 1.31. The zero-order chi connectivity index (χ0) is 13.8. The molecule has 1 N–H and O–H groups in total. The summed E-state index contributed by atoms with van der Waals surface area (Å²) in [4.78, 5) is 27.9. The predicted molar refractivity (Wildman–Crippen MR) is 74.0 cm³/mol. The molecule has 1 aromatic carbocycles. The van der Waals surface area contributed by atoms with E-state index in [1.807, 2.05) is 24.3 Å². The molecular weight excluding hydrogens is 240 g/mol. The highest BCUT2D eigenvalue weighted by molar-refractivity contribution is 6.07. The molecule has 0 spiro atoms. The van der Waals surface area contributed by atoms with Crippen LogP contribution in [-0.2, 0) is 4.79 Å². The van der Waals surface area contributed by atoms with E-state index in [0.29, 0.717) is 12.0 Å². The third-order valence-corrected chi connectivity index (χ3v) is 3.07. The molecule has 0 aliphatic carbocycles. The van der Waals surface area contributed by atoms with Crippen molar-refractivity contribution < 1.29 is 9.59 Å². The number of para-hydroxylation sites is 1. The van der Waals surface area contributed by atoms with E-state index in [9.17, 15) is 9.59 Å². The maximum Gasteiger partial charge on any atom is 0.252 e. The summed E-state index contributed by atoms with van der Waals surface area (Å²) in [6.07, 6.45) is 2.02. The molecule has 0 unspecified atom stereocenters. The number of hydrogen-bond donors (Lipinski definition) is 1. The van der Waals surface area contributed by atoms with E-state index in [1.165, 1.54) is 0 Å². The van der Waals surface area contributed by atoms with E-state index >= 15 is 0 Å². The van der Waals surface area contributed by atoms with Crippen LogP contribution in [0.15, 0.2) is 36.5 Å². The fourth-order valence-corrected chi connectivity index (χ4v) is 1.95. The van der Waals surface area contributed by atoms with Crippen molar-refractivity contribution >= 4 is 22.6 Å². The molecule has 0 aliphatic rings. The second-order valence-electron chi connectivity index (χ2n) is 4.39. The highest BCUT2D eigenvalue weighted by atomic mass is 16.2. The predicted octanol–water partition coefficient (Wildman–Crippen LogP) is 2.33. The minimum Gasteiger partial charge on any atom is -0.342 e. The monoisotopic (exact) mass is 256 g/mol. The second kappa shape index (κ2) is 5.61. The van der Waals surface area contributed by atoms with Crippen LogP contribution in [0.3, 0.4) is 0 Å². The van der Waals surface area contributed by atoms with Crippen LogP contribution in [0.2, 0.25) is 0 Å². The third kappa shape index (κ3) is 2.78. The van der Waals surface area contributed by atoms with Gasteiger partial charge in [0, 0.05) is 18.0 Å². The lowest BCUT2D eigenvalue weighted by Crippen LogP contribution is -2.38. The van der Waals surface area contributed by atoms with Crippen LogP contribution in [0.25, 0.3) is 10.9 Å². The van der Waals surface area contributed by atoms with Gasteiger partial charge in [0.25, 0.3) is 5.91 Å². The number of rotatable bonds is 4. The van der Waals surface area contributed by atoms with E-state index < -0.39 is 6.04 Å². The number of Topliss-reactive ketones (excluding diaryl/α,β-unsaturated/α-hetero) is 1. The van der Waals surface area contributed by atoms with E-state index in [-0.39, 0.29) is 11.7 Å². The van der Waals surface area contributed by atoms with Gasteiger partial charge in [0.2, 0.25) is 0 Å². The number of pyridine rings is 1. The SMILES string of the molecule is CCC(=O)[C@@H](C)NC(=O)c1ccnc2ccccc12. The zero-order valence-corrected chi connectivity index (χ0v) is 11.0. The lowest BCUT2D eigenvalue weighted by molar-refractivity contribution is -0.120. The number of carbonyl (C=O) groups excluding carboxylic acids is 2. The molecule has 0 saturated carbocycles. The van der Waals surface area contributed by atoms with Crippen molar-refractivity contribution in [3.8, 4) is 0 Å². The van der Waals surface area contributed by atoms with Gasteiger partial charge in [-0.3, -0.25) is 14.6 Å². The Morgan fingerprint density at radius 2 is 2.00 bits per heavy atom. The smallest absolute Gasteiger partial charge is 0.252 e. The first-order chi connectivity index (χ1) is 9.13. The van der Waals surface area contributed by atoms with Crippen molar-refractivity contribution in [1.82, 2.24) is 10.3 Å². The summed E-state index contributed by atoms with van der Waals surface area (Å²) in [5, 5.41) is 3.51. The summed E-state index contributed by atoms with van der Waals surface area (Å²) >= 11 is 0.